The largest absolute Gasteiger partial charge is 0.326 e. The molecule has 2 aromatic carbocycles. The van der Waals surface area contributed by atoms with Crippen molar-refractivity contribution in [3.8, 4) is 0 Å². The minimum Gasteiger partial charge on any atom is -0.326 e. The number of aryl methyl sites for hydroxylation is 1. The molecule has 6 heteroatoms. The van der Waals surface area contributed by atoms with Crippen molar-refractivity contribution in [1.82, 2.24) is 0 Å². The summed E-state index contributed by atoms with van der Waals surface area (Å²) in [5.41, 5.74) is 1.85. The zero-order valence-electron chi connectivity index (χ0n) is 16.6. The fourth-order valence-electron chi connectivity index (χ4n) is 4.52. The minimum absolute atomic E-state index is 0.149. The van der Waals surface area contributed by atoms with Gasteiger partial charge in [0.15, 0.2) is 6.04 Å². The molecule has 2 amide bonds. The second kappa shape index (κ2) is 8.84. The van der Waals surface area contributed by atoms with E-state index in [0.29, 0.717) is 5.69 Å². The van der Waals surface area contributed by atoms with E-state index in [-0.39, 0.29) is 30.1 Å². The van der Waals surface area contributed by atoms with Crippen molar-refractivity contribution in [2.24, 2.45) is 0 Å². The van der Waals surface area contributed by atoms with Gasteiger partial charge in [0, 0.05) is 6.42 Å². The summed E-state index contributed by atoms with van der Waals surface area (Å²) in [6.45, 7) is 5.00. The molecule has 2 saturated heterocycles. The van der Waals surface area contributed by atoms with E-state index < -0.39 is 0 Å². The molecule has 0 aromatic heterocycles. The standard InChI is InChI=1S/C23H26FN3O2/c24-19-8-10-20(11-9-19)27-22(28)17-21(23(27)29)26-15-13-25(14-16-26)12-4-7-18-5-2-1-3-6-18/h1-3,5-6,8-11,21H,4,7,12-17H2/p+2/t21-/m0/s1. The maximum absolute atomic E-state index is 13.2. The van der Waals surface area contributed by atoms with Gasteiger partial charge in [-0.3, -0.25) is 9.59 Å². The monoisotopic (exact) mass is 397 g/mol. The Morgan fingerprint density at radius 1 is 0.931 bits per heavy atom. The molecule has 0 spiro atoms. The number of hydrogen-bond donors (Lipinski definition) is 2. The number of nitrogens with one attached hydrogen (secondary N) is 2. The summed E-state index contributed by atoms with van der Waals surface area (Å²) in [4.78, 5) is 29.4. The summed E-state index contributed by atoms with van der Waals surface area (Å²) in [6.07, 6.45) is 2.51. The molecule has 2 aliphatic heterocycles. The predicted molar refractivity (Wildman–Crippen MR) is 108 cm³/mol. The van der Waals surface area contributed by atoms with Crippen LogP contribution in [0.15, 0.2) is 54.6 Å². The van der Waals surface area contributed by atoms with E-state index in [9.17, 15) is 14.0 Å². The summed E-state index contributed by atoms with van der Waals surface area (Å²) < 4.78 is 13.2. The molecule has 2 N–H and O–H groups in total. The van der Waals surface area contributed by atoms with Crippen LogP contribution in [0, 0.1) is 5.82 Å². The van der Waals surface area contributed by atoms with Crippen LogP contribution in [0.25, 0.3) is 0 Å². The van der Waals surface area contributed by atoms with E-state index in [0.717, 1.165) is 45.6 Å². The average Bonchev–Trinajstić information content (AvgIpc) is 3.04. The van der Waals surface area contributed by atoms with Crippen molar-refractivity contribution in [2.45, 2.75) is 25.3 Å². The normalized spacial score (nSPS) is 24.9. The van der Waals surface area contributed by atoms with Crippen LogP contribution in [0.5, 0.6) is 0 Å². The van der Waals surface area contributed by atoms with Gasteiger partial charge in [0.2, 0.25) is 5.91 Å². The lowest BCUT2D eigenvalue weighted by molar-refractivity contribution is -1.02. The van der Waals surface area contributed by atoms with Crippen LogP contribution in [0.4, 0.5) is 10.1 Å². The lowest BCUT2D eigenvalue weighted by atomic mass is 10.1. The number of piperazine rings is 1. The smallest absolute Gasteiger partial charge is 0.292 e. The van der Waals surface area contributed by atoms with Crippen molar-refractivity contribution >= 4 is 17.5 Å². The molecule has 2 aromatic rings. The predicted octanol–water partition coefficient (Wildman–Crippen LogP) is -0.126. The van der Waals surface area contributed by atoms with Crippen LogP contribution in [-0.4, -0.2) is 50.6 Å². The third-order valence-corrected chi connectivity index (χ3v) is 6.16. The number of imide groups is 1. The lowest BCUT2D eigenvalue weighted by Gasteiger charge is -2.32. The zero-order valence-corrected chi connectivity index (χ0v) is 16.6. The second-order valence-corrected chi connectivity index (χ2v) is 8.05. The van der Waals surface area contributed by atoms with E-state index in [1.54, 1.807) is 4.90 Å². The number of anilines is 1. The van der Waals surface area contributed by atoms with Crippen LogP contribution in [0.3, 0.4) is 0 Å². The Balaban J connectivity index is 1.28. The number of nitrogens with zero attached hydrogens (tertiary/aromatic N) is 1. The van der Waals surface area contributed by atoms with Gasteiger partial charge in [-0.15, -0.1) is 0 Å². The molecule has 0 bridgehead atoms. The quantitative estimate of drug-likeness (QED) is 0.668. The van der Waals surface area contributed by atoms with Crippen molar-refractivity contribution in [2.75, 3.05) is 37.6 Å². The Labute approximate surface area is 170 Å². The SMILES string of the molecule is O=C1C[C@H]([NH+]2CC[NH+](CCCc3ccccc3)CC2)C(=O)N1c1ccc(F)cc1. The maximum Gasteiger partial charge on any atom is 0.292 e. The van der Waals surface area contributed by atoms with Gasteiger partial charge in [0.1, 0.15) is 32.0 Å². The van der Waals surface area contributed by atoms with Gasteiger partial charge in [-0.2, -0.15) is 0 Å². The Morgan fingerprint density at radius 3 is 2.31 bits per heavy atom. The number of hydrogen-bond acceptors (Lipinski definition) is 2. The number of amides is 2. The molecule has 4 rings (SSSR count). The fourth-order valence-corrected chi connectivity index (χ4v) is 4.52. The summed E-state index contributed by atoms with van der Waals surface area (Å²) in [6, 6.07) is 15.8. The van der Waals surface area contributed by atoms with Crippen LogP contribution >= 0.6 is 0 Å². The molecule has 2 aliphatic rings. The molecule has 29 heavy (non-hydrogen) atoms. The Bertz CT molecular complexity index is 848. The highest BCUT2D eigenvalue weighted by molar-refractivity contribution is 6.21. The van der Waals surface area contributed by atoms with Gasteiger partial charge in [-0.25, -0.2) is 9.29 Å². The van der Waals surface area contributed by atoms with E-state index in [1.807, 2.05) is 6.07 Å². The molecule has 5 nitrogen and oxygen atoms in total. The topological polar surface area (TPSA) is 46.3 Å². The number of quaternary nitrogens is 2. The molecule has 0 saturated carbocycles. The van der Waals surface area contributed by atoms with Gasteiger partial charge < -0.3 is 9.80 Å². The molecule has 0 unspecified atom stereocenters. The summed E-state index contributed by atoms with van der Waals surface area (Å²) in [5.74, 6) is -0.706. The fraction of sp³-hybridized carbons (Fsp3) is 0.391. The number of carbonyl (C=O) groups excluding carboxylic acids is 2. The van der Waals surface area contributed by atoms with Crippen molar-refractivity contribution in [3.63, 3.8) is 0 Å². The van der Waals surface area contributed by atoms with E-state index in [4.69, 9.17) is 0 Å². The van der Waals surface area contributed by atoms with Crippen LogP contribution in [0.2, 0.25) is 0 Å². The third kappa shape index (κ3) is 4.54. The van der Waals surface area contributed by atoms with Gasteiger partial charge in [-0.1, -0.05) is 30.3 Å². The number of benzene rings is 2. The molecule has 2 fully saturated rings. The molecule has 2 heterocycles. The van der Waals surface area contributed by atoms with Crippen LogP contribution < -0.4 is 14.7 Å². The van der Waals surface area contributed by atoms with Gasteiger partial charge in [-0.05, 0) is 36.2 Å². The number of carbonyl (C=O) groups is 2. The zero-order chi connectivity index (χ0) is 20.2. The van der Waals surface area contributed by atoms with Crippen LogP contribution in [-0.2, 0) is 16.0 Å². The molecule has 1 atom stereocenters. The van der Waals surface area contributed by atoms with Crippen LogP contribution in [0.1, 0.15) is 18.4 Å². The second-order valence-electron chi connectivity index (χ2n) is 8.05. The molecule has 0 radical (unpaired) electrons. The highest BCUT2D eigenvalue weighted by Gasteiger charge is 2.46. The first-order valence-electron chi connectivity index (χ1n) is 10.5. The van der Waals surface area contributed by atoms with Crippen molar-refractivity contribution < 1.29 is 23.8 Å². The van der Waals surface area contributed by atoms with Crippen molar-refractivity contribution in [3.05, 3.63) is 66.0 Å². The Hall–Kier alpha value is -2.57. The minimum atomic E-state index is -0.374. The number of rotatable bonds is 6. The van der Waals surface area contributed by atoms with Gasteiger partial charge in [0.05, 0.1) is 18.7 Å². The first-order valence-corrected chi connectivity index (χ1v) is 10.5. The Morgan fingerprint density at radius 2 is 1.62 bits per heavy atom. The van der Waals surface area contributed by atoms with Gasteiger partial charge >= 0.3 is 0 Å². The summed E-state index contributed by atoms with van der Waals surface area (Å²) in [5, 5.41) is 0. The number of halogens is 1. The first-order chi connectivity index (χ1) is 14.1. The highest BCUT2D eigenvalue weighted by atomic mass is 19.1. The van der Waals surface area contributed by atoms with E-state index in [1.165, 1.54) is 39.6 Å². The maximum atomic E-state index is 13.2. The Kier molecular flexibility index (Phi) is 6.02. The third-order valence-electron chi connectivity index (χ3n) is 6.16. The molecule has 152 valence electrons. The summed E-state index contributed by atoms with van der Waals surface area (Å²) >= 11 is 0. The highest BCUT2D eigenvalue weighted by Crippen LogP contribution is 2.22. The van der Waals surface area contributed by atoms with E-state index >= 15 is 0 Å². The van der Waals surface area contributed by atoms with E-state index in [2.05, 4.69) is 24.3 Å². The lowest BCUT2D eigenvalue weighted by Crippen LogP contribution is -3.30. The van der Waals surface area contributed by atoms with Gasteiger partial charge in [0.25, 0.3) is 5.91 Å². The molecular weight excluding hydrogens is 369 g/mol. The molecule has 0 aliphatic carbocycles. The first kappa shape index (κ1) is 19.7. The summed E-state index contributed by atoms with van der Waals surface area (Å²) in [7, 11) is 0. The molecular formula is C23H28FN3O2+2. The average molecular weight is 397 g/mol. The van der Waals surface area contributed by atoms with Crippen molar-refractivity contribution in [1.29, 1.82) is 0 Å².